The Labute approximate surface area is 125 Å². The molecular weight excluding hydrogens is 299 g/mol. The SMILES string of the molecule is N#CCc1ccc([N+](=O)[O-])c(Cl)c1-c1ccc(Cl)cc1. The van der Waals surface area contributed by atoms with Crippen molar-refractivity contribution in [2.75, 3.05) is 0 Å². The molecular formula is C14H8Cl2N2O2. The van der Waals surface area contributed by atoms with Gasteiger partial charge in [-0.1, -0.05) is 41.4 Å². The largest absolute Gasteiger partial charge is 0.288 e. The molecule has 0 aliphatic rings. The zero-order valence-electron chi connectivity index (χ0n) is 10.1. The molecule has 0 aromatic heterocycles. The second-order valence-corrected chi connectivity index (χ2v) is 4.85. The molecule has 0 heterocycles. The lowest BCUT2D eigenvalue weighted by Gasteiger charge is -2.10. The number of benzene rings is 2. The van der Waals surface area contributed by atoms with Gasteiger partial charge in [-0.15, -0.1) is 0 Å². The van der Waals surface area contributed by atoms with Gasteiger partial charge in [0, 0.05) is 16.7 Å². The molecule has 0 spiro atoms. The highest BCUT2D eigenvalue weighted by Crippen LogP contribution is 2.38. The average molecular weight is 307 g/mol. The van der Waals surface area contributed by atoms with Gasteiger partial charge in [0.2, 0.25) is 0 Å². The number of hydrogen-bond donors (Lipinski definition) is 0. The van der Waals surface area contributed by atoms with Crippen LogP contribution in [0.4, 0.5) is 5.69 Å². The van der Waals surface area contributed by atoms with E-state index in [9.17, 15) is 10.1 Å². The van der Waals surface area contributed by atoms with Crippen LogP contribution in [0.5, 0.6) is 0 Å². The highest BCUT2D eigenvalue weighted by atomic mass is 35.5. The Balaban J connectivity index is 2.70. The summed E-state index contributed by atoms with van der Waals surface area (Å²) in [6.07, 6.45) is 0.121. The summed E-state index contributed by atoms with van der Waals surface area (Å²) >= 11 is 12.0. The lowest BCUT2D eigenvalue weighted by Crippen LogP contribution is -1.95. The van der Waals surface area contributed by atoms with Crippen LogP contribution in [0.2, 0.25) is 10.0 Å². The summed E-state index contributed by atoms with van der Waals surface area (Å²) < 4.78 is 0. The Kier molecular flexibility index (Phi) is 4.23. The molecule has 0 radical (unpaired) electrons. The number of nitriles is 1. The fourth-order valence-corrected chi connectivity index (χ4v) is 2.40. The molecule has 2 aromatic rings. The molecule has 0 fully saturated rings. The minimum atomic E-state index is -0.544. The van der Waals surface area contributed by atoms with Crippen molar-refractivity contribution in [2.45, 2.75) is 6.42 Å². The maximum atomic E-state index is 11.0. The molecule has 0 saturated carbocycles. The van der Waals surface area contributed by atoms with Crippen molar-refractivity contribution in [2.24, 2.45) is 0 Å². The summed E-state index contributed by atoms with van der Waals surface area (Å²) in [6, 6.07) is 11.7. The molecule has 0 bridgehead atoms. The van der Waals surface area contributed by atoms with Gasteiger partial charge < -0.3 is 0 Å². The van der Waals surface area contributed by atoms with Crippen LogP contribution in [0, 0.1) is 21.4 Å². The fourth-order valence-electron chi connectivity index (χ4n) is 1.91. The van der Waals surface area contributed by atoms with E-state index in [1.165, 1.54) is 6.07 Å². The van der Waals surface area contributed by atoms with Crippen LogP contribution in [0.3, 0.4) is 0 Å². The topological polar surface area (TPSA) is 66.9 Å². The van der Waals surface area contributed by atoms with E-state index < -0.39 is 4.92 Å². The minimum Gasteiger partial charge on any atom is -0.258 e. The smallest absolute Gasteiger partial charge is 0.258 e. The van der Waals surface area contributed by atoms with Crippen molar-refractivity contribution in [1.29, 1.82) is 5.26 Å². The predicted molar refractivity (Wildman–Crippen MR) is 77.9 cm³/mol. The van der Waals surface area contributed by atoms with Crippen molar-refractivity contribution in [1.82, 2.24) is 0 Å². The minimum absolute atomic E-state index is 0.0325. The Hall–Kier alpha value is -2.09. The highest BCUT2D eigenvalue weighted by molar-refractivity contribution is 6.35. The van der Waals surface area contributed by atoms with Gasteiger partial charge in [0.15, 0.2) is 0 Å². The quantitative estimate of drug-likeness (QED) is 0.613. The second-order valence-electron chi connectivity index (χ2n) is 4.03. The van der Waals surface area contributed by atoms with Crippen LogP contribution in [-0.4, -0.2) is 4.92 Å². The summed E-state index contributed by atoms with van der Waals surface area (Å²) in [7, 11) is 0. The molecule has 0 saturated heterocycles. The monoisotopic (exact) mass is 306 g/mol. The zero-order chi connectivity index (χ0) is 14.7. The van der Waals surface area contributed by atoms with E-state index in [4.69, 9.17) is 28.5 Å². The molecule has 0 atom stereocenters. The summed E-state index contributed by atoms with van der Waals surface area (Å²) in [5.74, 6) is 0. The Morgan fingerprint density at radius 1 is 1.15 bits per heavy atom. The Morgan fingerprint density at radius 2 is 1.80 bits per heavy atom. The number of halogens is 2. The van der Waals surface area contributed by atoms with Gasteiger partial charge in [-0.05, 0) is 23.3 Å². The number of rotatable bonds is 3. The van der Waals surface area contributed by atoms with Crippen LogP contribution in [0.1, 0.15) is 5.56 Å². The molecule has 0 aliphatic carbocycles. The van der Waals surface area contributed by atoms with E-state index >= 15 is 0 Å². The molecule has 20 heavy (non-hydrogen) atoms. The van der Waals surface area contributed by atoms with E-state index in [0.717, 1.165) is 0 Å². The first kappa shape index (κ1) is 14.3. The van der Waals surface area contributed by atoms with E-state index in [-0.39, 0.29) is 17.1 Å². The lowest BCUT2D eigenvalue weighted by atomic mass is 9.97. The van der Waals surface area contributed by atoms with Crippen molar-refractivity contribution in [3.63, 3.8) is 0 Å². The van der Waals surface area contributed by atoms with Crippen LogP contribution in [-0.2, 0) is 6.42 Å². The van der Waals surface area contributed by atoms with Gasteiger partial charge in [0.1, 0.15) is 5.02 Å². The molecule has 100 valence electrons. The summed E-state index contributed by atoms with van der Waals surface area (Å²) in [4.78, 5) is 10.4. The highest BCUT2D eigenvalue weighted by Gasteiger charge is 2.20. The van der Waals surface area contributed by atoms with E-state index in [0.29, 0.717) is 21.7 Å². The first-order valence-corrected chi connectivity index (χ1v) is 6.39. The van der Waals surface area contributed by atoms with E-state index in [2.05, 4.69) is 0 Å². The van der Waals surface area contributed by atoms with Gasteiger partial charge in [0.25, 0.3) is 5.69 Å². The first-order valence-electron chi connectivity index (χ1n) is 5.63. The van der Waals surface area contributed by atoms with Crippen molar-refractivity contribution < 1.29 is 4.92 Å². The van der Waals surface area contributed by atoms with Gasteiger partial charge in [-0.3, -0.25) is 10.1 Å². The predicted octanol–water partition coefficient (Wildman–Crippen LogP) is 4.63. The van der Waals surface area contributed by atoms with Gasteiger partial charge in [-0.25, -0.2) is 0 Å². The third kappa shape index (κ3) is 2.74. The molecule has 4 nitrogen and oxygen atoms in total. The lowest BCUT2D eigenvalue weighted by molar-refractivity contribution is -0.384. The third-order valence-electron chi connectivity index (χ3n) is 2.81. The van der Waals surface area contributed by atoms with Crippen LogP contribution in [0.15, 0.2) is 36.4 Å². The molecule has 0 amide bonds. The zero-order valence-corrected chi connectivity index (χ0v) is 11.6. The standard InChI is InChI=1S/C14H8Cl2N2O2/c15-11-4-1-9(2-5-11)13-10(7-8-17)3-6-12(14(13)16)18(19)20/h1-6H,7H2. The maximum absolute atomic E-state index is 11.0. The number of nitro groups is 1. The average Bonchev–Trinajstić information content (AvgIpc) is 2.40. The fraction of sp³-hybridized carbons (Fsp3) is 0.0714. The Bertz CT molecular complexity index is 706. The second kappa shape index (κ2) is 5.91. The maximum Gasteiger partial charge on any atom is 0.288 e. The molecule has 0 aliphatic heterocycles. The molecule has 0 N–H and O–H groups in total. The van der Waals surface area contributed by atoms with Gasteiger partial charge in [-0.2, -0.15) is 5.26 Å². The van der Waals surface area contributed by atoms with Crippen LogP contribution in [0.25, 0.3) is 11.1 Å². The summed E-state index contributed by atoms with van der Waals surface area (Å²) in [5, 5.41) is 20.4. The molecule has 6 heteroatoms. The molecule has 0 unspecified atom stereocenters. The van der Waals surface area contributed by atoms with E-state index in [1.54, 1.807) is 30.3 Å². The third-order valence-corrected chi connectivity index (χ3v) is 3.44. The summed E-state index contributed by atoms with van der Waals surface area (Å²) in [5.41, 5.74) is 1.65. The van der Waals surface area contributed by atoms with Crippen LogP contribution >= 0.6 is 23.2 Å². The molecule has 2 rings (SSSR count). The van der Waals surface area contributed by atoms with E-state index in [1.807, 2.05) is 6.07 Å². The van der Waals surface area contributed by atoms with Crippen molar-refractivity contribution in [3.05, 3.63) is 62.1 Å². The Morgan fingerprint density at radius 3 is 2.35 bits per heavy atom. The summed E-state index contributed by atoms with van der Waals surface area (Å²) in [6.45, 7) is 0. The number of hydrogen-bond acceptors (Lipinski definition) is 3. The van der Waals surface area contributed by atoms with Crippen molar-refractivity contribution in [3.8, 4) is 17.2 Å². The van der Waals surface area contributed by atoms with Crippen molar-refractivity contribution >= 4 is 28.9 Å². The first-order chi connectivity index (χ1) is 9.54. The van der Waals surface area contributed by atoms with Gasteiger partial charge in [0.05, 0.1) is 17.4 Å². The number of nitro benzene ring substituents is 1. The molecule has 2 aromatic carbocycles. The van der Waals surface area contributed by atoms with Gasteiger partial charge >= 0.3 is 0 Å². The van der Waals surface area contributed by atoms with Crippen LogP contribution < -0.4 is 0 Å². The normalized spacial score (nSPS) is 10.1. The number of nitrogens with zero attached hydrogens (tertiary/aromatic N) is 2.